The van der Waals surface area contributed by atoms with Crippen LogP contribution >= 0.6 is 0 Å². The lowest BCUT2D eigenvalue weighted by molar-refractivity contribution is 0.0393. The summed E-state index contributed by atoms with van der Waals surface area (Å²) in [5.41, 5.74) is 3.07. The third kappa shape index (κ3) is 4.13. The van der Waals surface area contributed by atoms with Crippen molar-refractivity contribution < 1.29 is 9.53 Å². The van der Waals surface area contributed by atoms with Gasteiger partial charge in [0.1, 0.15) is 5.69 Å². The molecule has 1 aliphatic carbocycles. The van der Waals surface area contributed by atoms with E-state index in [9.17, 15) is 4.79 Å². The first-order valence-electron chi connectivity index (χ1n) is 8.08. The number of hydrogen-bond acceptors (Lipinski definition) is 4. The van der Waals surface area contributed by atoms with Crippen molar-refractivity contribution in [3.63, 3.8) is 0 Å². The fourth-order valence-electron chi connectivity index (χ4n) is 2.89. The van der Waals surface area contributed by atoms with Crippen molar-refractivity contribution in [2.75, 3.05) is 13.2 Å². The van der Waals surface area contributed by atoms with Crippen molar-refractivity contribution in [2.45, 2.75) is 31.8 Å². The quantitative estimate of drug-likeness (QED) is 0.833. The van der Waals surface area contributed by atoms with Gasteiger partial charge in [-0.2, -0.15) is 0 Å². The van der Waals surface area contributed by atoms with Crippen LogP contribution in [0.5, 0.6) is 0 Å². The standard InChI is InChI=1S/C18H21N3O2/c22-18(16-13-19-10-11-20-16)21-9-4-12-23-17-8-3-6-14-5-1-2-7-15(14)17/h1-2,5,7,10-11,13,17H,3-4,6,8-9,12H2,(H,21,22)/t17-/m1/s1. The van der Waals surface area contributed by atoms with E-state index >= 15 is 0 Å². The summed E-state index contributed by atoms with van der Waals surface area (Å²) in [6.45, 7) is 1.21. The first kappa shape index (κ1) is 15.6. The van der Waals surface area contributed by atoms with Crippen LogP contribution in [0.15, 0.2) is 42.9 Å². The van der Waals surface area contributed by atoms with E-state index in [0.29, 0.717) is 18.8 Å². The Bertz CT molecular complexity index is 646. The molecule has 1 aromatic heterocycles. The number of benzene rings is 1. The Kier molecular flexibility index (Phi) is 5.32. The van der Waals surface area contributed by atoms with Crippen LogP contribution in [0.4, 0.5) is 0 Å². The van der Waals surface area contributed by atoms with Crippen molar-refractivity contribution in [1.82, 2.24) is 15.3 Å². The van der Waals surface area contributed by atoms with Gasteiger partial charge in [-0.15, -0.1) is 0 Å². The minimum atomic E-state index is -0.193. The second-order valence-corrected chi connectivity index (χ2v) is 5.65. The van der Waals surface area contributed by atoms with Gasteiger partial charge < -0.3 is 10.1 Å². The molecular formula is C18H21N3O2. The summed E-state index contributed by atoms with van der Waals surface area (Å²) in [5.74, 6) is -0.193. The van der Waals surface area contributed by atoms with E-state index < -0.39 is 0 Å². The summed E-state index contributed by atoms with van der Waals surface area (Å²) in [6, 6.07) is 8.51. The highest BCUT2D eigenvalue weighted by Gasteiger charge is 2.19. The number of nitrogens with one attached hydrogen (secondary N) is 1. The first-order chi connectivity index (χ1) is 11.3. The molecule has 1 aromatic carbocycles. The fourth-order valence-corrected chi connectivity index (χ4v) is 2.89. The second-order valence-electron chi connectivity index (χ2n) is 5.65. The van der Waals surface area contributed by atoms with Gasteiger partial charge in [-0.25, -0.2) is 4.98 Å². The molecule has 1 amide bonds. The summed E-state index contributed by atoms with van der Waals surface area (Å²) < 4.78 is 6.02. The van der Waals surface area contributed by atoms with Gasteiger partial charge in [0.2, 0.25) is 0 Å². The number of carbonyl (C=O) groups is 1. The van der Waals surface area contributed by atoms with Crippen molar-refractivity contribution in [3.05, 3.63) is 59.7 Å². The molecule has 5 nitrogen and oxygen atoms in total. The molecule has 0 spiro atoms. The van der Waals surface area contributed by atoms with E-state index in [0.717, 1.165) is 19.3 Å². The lowest BCUT2D eigenvalue weighted by Gasteiger charge is -2.25. The van der Waals surface area contributed by atoms with Crippen LogP contribution in [-0.2, 0) is 11.2 Å². The molecule has 0 aliphatic heterocycles. The monoisotopic (exact) mass is 311 g/mol. The van der Waals surface area contributed by atoms with E-state index in [1.165, 1.54) is 29.9 Å². The number of fused-ring (bicyclic) bond motifs is 1. The van der Waals surface area contributed by atoms with Crippen LogP contribution in [-0.4, -0.2) is 29.0 Å². The summed E-state index contributed by atoms with van der Waals surface area (Å²) in [7, 11) is 0. The molecule has 5 heteroatoms. The van der Waals surface area contributed by atoms with Gasteiger partial charge in [-0.1, -0.05) is 24.3 Å². The number of carbonyl (C=O) groups excluding carboxylic acids is 1. The van der Waals surface area contributed by atoms with Crippen molar-refractivity contribution >= 4 is 5.91 Å². The zero-order valence-corrected chi connectivity index (χ0v) is 13.1. The maximum Gasteiger partial charge on any atom is 0.271 e. The van der Waals surface area contributed by atoms with Gasteiger partial charge >= 0.3 is 0 Å². The van der Waals surface area contributed by atoms with E-state index in [1.807, 2.05) is 0 Å². The van der Waals surface area contributed by atoms with Crippen LogP contribution < -0.4 is 5.32 Å². The highest BCUT2D eigenvalue weighted by Crippen LogP contribution is 2.32. The number of aromatic nitrogens is 2. The van der Waals surface area contributed by atoms with Crippen LogP contribution in [0.1, 0.15) is 47.0 Å². The number of aryl methyl sites for hydroxylation is 1. The smallest absolute Gasteiger partial charge is 0.271 e. The van der Waals surface area contributed by atoms with Crippen LogP contribution in [0.25, 0.3) is 0 Å². The molecule has 0 unspecified atom stereocenters. The molecule has 0 fully saturated rings. The molecule has 0 bridgehead atoms. The van der Waals surface area contributed by atoms with Gasteiger partial charge in [0, 0.05) is 25.5 Å². The highest BCUT2D eigenvalue weighted by atomic mass is 16.5. The van der Waals surface area contributed by atoms with Crippen LogP contribution in [0, 0.1) is 0 Å². The molecule has 1 atom stereocenters. The average Bonchev–Trinajstić information content (AvgIpc) is 2.62. The topological polar surface area (TPSA) is 64.1 Å². The molecule has 1 heterocycles. The minimum absolute atomic E-state index is 0.190. The normalized spacial score (nSPS) is 16.6. The number of hydrogen-bond donors (Lipinski definition) is 1. The fraction of sp³-hybridized carbons (Fsp3) is 0.389. The third-order valence-electron chi connectivity index (χ3n) is 4.04. The molecule has 23 heavy (non-hydrogen) atoms. The summed E-state index contributed by atoms with van der Waals surface area (Å²) in [5, 5.41) is 2.83. The molecular weight excluding hydrogens is 290 g/mol. The predicted octanol–water partition coefficient (Wildman–Crippen LogP) is 2.69. The van der Waals surface area contributed by atoms with Crippen LogP contribution in [0.3, 0.4) is 0 Å². The van der Waals surface area contributed by atoms with E-state index in [2.05, 4.69) is 39.6 Å². The first-order valence-corrected chi connectivity index (χ1v) is 8.08. The Balaban J connectivity index is 1.40. The Morgan fingerprint density at radius 3 is 3.09 bits per heavy atom. The SMILES string of the molecule is O=C(NCCCO[C@@H]1CCCc2ccccc21)c1cnccn1. The van der Waals surface area contributed by atoms with Gasteiger partial charge in [-0.3, -0.25) is 9.78 Å². The summed E-state index contributed by atoms with van der Waals surface area (Å²) in [4.78, 5) is 19.7. The predicted molar refractivity (Wildman–Crippen MR) is 87.1 cm³/mol. The second kappa shape index (κ2) is 7.83. The molecule has 0 saturated carbocycles. The van der Waals surface area contributed by atoms with Gasteiger partial charge in [0.15, 0.2) is 0 Å². The molecule has 1 N–H and O–H groups in total. The zero-order chi connectivity index (χ0) is 15.9. The third-order valence-corrected chi connectivity index (χ3v) is 4.04. The van der Waals surface area contributed by atoms with Gasteiger partial charge in [0.25, 0.3) is 5.91 Å². The Morgan fingerprint density at radius 1 is 1.30 bits per heavy atom. The van der Waals surface area contributed by atoms with Crippen molar-refractivity contribution in [1.29, 1.82) is 0 Å². The average molecular weight is 311 g/mol. The molecule has 120 valence electrons. The molecule has 0 radical (unpaired) electrons. The highest BCUT2D eigenvalue weighted by molar-refractivity contribution is 5.91. The Labute approximate surface area is 136 Å². The van der Waals surface area contributed by atoms with Crippen molar-refractivity contribution in [3.8, 4) is 0 Å². The summed E-state index contributed by atoms with van der Waals surface area (Å²) in [6.07, 6.45) is 8.88. The molecule has 2 aromatic rings. The zero-order valence-electron chi connectivity index (χ0n) is 13.1. The van der Waals surface area contributed by atoms with Gasteiger partial charge in [0.05, 0.1) is 12.3 Å². The molecule has 0 saturated heterocycles. The maximum atomic E-state index is 11.8. The van der Waals surface area contributed by atoms with E-state index in [-0.39, 0.29) is 12.0 Å². The lowest BCUT2D eigenvalue weighted by atomic mass is 9.89. The molecule has 3 rings (SSSR count). The number of amides is 1. The number of rotatable bonds is 6. The number of nitrogens with zero attached hydrogens (tertiary/aromatic N) is 2. The van der Waals surface area contributed by atoms with Crippen LogP contribution in [0.2, 0.25) is 0 Å². The lowest BCUT2D eigenvalue weighted by Crippen LogP contribution is -2.26. The number of ether oxygens (including phenoxy) is 1. The largest absolute Gasteiger partial charge is 0.373 e. The Morgan fingerprint density at radius 2 is 2.22 bits per heavy atom. The van der Waals surface area contributed by atoms with Gasteiger partial charge in [-0.05, 0) is 36.8 Å². The van der Waals surface area contributed by atoms with E-state index in [4.69, 9.17) is 4.74 Å². The Hall–Kier alpha value is -2.27. The van der Waals surface area contributed by atoms with E-state index in [1.54, 1.807) is 6.20 Å². The maximum absolute atomic E-state index is 11.8. The minimum Gasteiger partial charge on any atom is -0.373 e. The summed E-state index contributed by atoms with van der Waals surface area (Å²) >= 11 is 0. The molecule has 1 aliphatic rings. The van der Waals surface area contributed by atoms with Crippen molar-refractivity contribution in [2.24, 2.45) is 0 Å².